The van der Waals surface area contributed by atoms with Gasteiger partial charge >= 0.3 is 7.12 Å². The highest BCUT2D eigenvalue weighted by atomic mass is 32.2. The van der Waals surface area contributed by atoms with Gasteiger partial charge in [-0.25, -0.2) is 9.19 Å². The Morgan fingerprint density at radius 3 is 2.10 bits per heavy atom. The molecule has 0 amide bonds. The van der Waals surface area contributed by atoms with Gasteiger partial charge in [0.25, 0.3) is 0 Å². The van der Waals surface area contributed by atoms with Gasteiger partial charge in [0.15, 0.2) is 5.82 Å². The molecule has 20 heavy (non-hydrogen) atoms. The maximum absolute atomic E-state index is 11.6. The average Bonchev–Trinajstić information content (AvgIpc) is 2.47. The molecule has 1 aromatic rings. The zero-order chi connectivity index (χ0) is 15.2. The number of hydrogen-bond donors (Lipinski definition) is 0. The van der Waals surface area contributed by atoms with Crippen LogP contribution in [0.15, 0.2) is 22.7 Å². The van der Waals surface area contributed by atoms with Crippen molar-refractivity contribution in [2.24, 2.45) is 4.36 Å². The van der Waals surface area contributed by atoms with Gasteiger partial charge in [0.05, 0.1) is 11.2 Å². The molecule has 0 atom stereocenters. The van der Waals surface area contributed by atoms with Crippen LogP contribution in [0.5, 0.6) is 0 Å². The van der Waals surface area contributed by atoms with E-state index in [0.717, 1.165) is 5.46 Å². The summed E-state index contributed by atoms with van der Waals surface area (Å²) in [6.45, 7) is 8.03. The lowest BCUT2D eigenvalue weighted by atomic mass is 9.80. The predicted octanol–water partition coefficient (Wildman–Crippen LogP) is 1.74. The molecular formula is C13H21BN2O3S. The van der Waals surface area contributed by atoms with Gasteiger partial charge in [-0.3, -0.25) is 0 Å². The van der Waals surface area contributed by atoms with Crippen LogP contribution in [0, 0.1) is 0 Å². The van der Waals surface area contributed by atoms with Crippen LogP contribution in [0.25, 0.3) is 0 Å². The van der Waals surface area contributed by atoms with E-state index in [1.807, 2.05) is 33.8 Å². The molecule has 0 radical (unpaired) electrons. The summed E-state index contributed by atoms with van der Waals surface area (Å²) in [5.74, 6) is 0.459. The molecule has 1 aliphatic rings. The van der Waals surface area contributed by atoms with Crippen molar-refractivity contribution in [1.82, 2.24) is 4.98 Å². The van der Waals surface area contributed by atoms with Crippen LogP contribution >= 0.6 is 0 Å². The van der Waals surface area contributed by atoms with Crippen LogP contribution in [-0.2, 0) is 19.0 Å². The molecule has 0 aliphatic carbocycles. The van der Waals surface area contributed by atoms with Gasteiger partial charge in [-0.05, 0) is 33.8 Å². The second-order valence-corrected chi connectivity index (χ2v) is 8.86. The Morgan fingerprint density at radius 1 is 1.15 bits per heavy atom. The molecule has 1 aromatic heterocycles. The summed E-state index contributed by atoms with van der Waals surface area (Å²) < 4.78 is 27.5. The zero-order valence-corrected chi connectivity index (χ0v) is 13.7. The predicted molar refractivity (Wildman–Crippen MR) is 82.0 cm³/mol. The molecule has 2 rings (SSSR count). The summed E-state index contributed by atoms with van der Waals surface area (Å²) in [4.78, 5) is 4.20. The summed E-state index contributed by atoms with van der Waals surface area (Å²) in [5.41, 5.74) is 0.0883. The minimum atomic E-state index is -2.20. The highest BCUT2D eigenvalue weighted by molar-refractivity contribution is 7.92. The Hall–Kier alpha value is -0.915. The summed E-state index contributed by atoms with van der Waals surface area (Å²) >= 11 is 0. The summed E-state index contributed by atoms with van der Waals surface area (Å²) in [5, 5.41) is 0. The van der Waals surface area contributed by atoms with Gasteiger partial charge in [0.2, 0.25) is 0 Å². The molecule has 1 saturated heterocycles. The number of aromatic nitrogens is 1. The molecule has 0 spiro atoms. The summed E-state index contributed by atoms with van der Waals surface area (Å²) in [7, 11) is -2.63. The molecular weight excluding hydrogens is 275 g/mol. The maximum Gasteiger partial charge on any atom is 0.496 e. The van der Waals surface area contributed by atoms with Gasteiger partial charge in [-0.15, -0.1) is 0 Å². The van der Waals surface area contributed by atoms with Crippen molar-refractivity contribution in [2.75, 3.05) is 12.5 Å². The first-order valence-corrected chi connectivity index (χ1v) is 8.82. The normalized spacial score (nSPS) is 21.0. The number of pyridine rings is 1. The molecule has 1 aliphatic heterocycles. The van der Waals surface area contributed by atoms with Crippen molar-refractivity contribution in [3.63, 3.8) is 0 Å². The summed E-state index contributed by atoms with van der Waals surface area (Å²) in [6, 6.07) is 3.58. The van der Waals surface area contributed by atoms with E-state index in [1.54, 1.807) is 24.8 Å². The van der Waals surface area contributed by atoms with Crippen LogP contribution in [0.3, 0.4) is 0 Å². The Morgan fingerprint density at radius 2 is 1.70 bits per heavy atom. The number of nitrogens with zero attached hydrogens (tertiary/aromatic N) is 2. The van der Waals surface area contributed by atoms with Crippen molar-refractivity contribution < 1.29 is 13.5 Å². The Balaban J connectivity index is 2.23. The minimum Gasteiger partial charge on any atom is -0.399 e. The van der Waals surface area contributed by atoms with Gasteiger partial charge in [0, 0.05) is 33.9 Å². The van der Waals surface area contributed by atoms with Crippen LogP contribution < -0.4 is 5.46 Å². The van der Waals surface area contributed by atoms with Gasteiger partial charge in [0.1, 0.15) is 0 Å². The minimum absolute atomic E-state index is 0.373. The molecule has 0 saturated carbocycles. The van der Waals surface area contributed by atoms with Crippen molar-refractivity contribution in [1.29, 1.82) is 0 Å². The highest BCUT2D eigenvalue weighted by Crippen LogP contribution is 2.36. The van der Waals surface area contributed by atoms with Crippen LogP contribution in [0.2, 0.25) is 0 Å². The molecule has 5 nitrogen and oxygen atoms in total. The molecule has 0 unspecified atom stereocenters. The lowest BCUT2D eigenvalue weighted by molar-refractivity contribution is 0.00578. The standard InChI is InChI=1S/C13H21BN2O3S/c1-12(2)13(3,4)19-14(18-12)10-7-8-11(15-9-10)16-20(5,6)17/h7-9H,1-6H3. The van der Waals surface area contributed by atoms with E-state index in [9.17, 15) is 4.21 Å². The second-order valence-electron chi connectivity index (χ2n) is 6.31. The lowest BCUT2D eigenvalue weighted by Crippen LogP contribution is -2.41. The van der Waals surface area contributed by atoms with Crippen LogP contribution in [0.4, 0.5) is 5.82 Å². The average molecular weight is 296 g/mol. The second kappa shape index (κ2) is 4.82. The van der Waals surface area contributed by atoms with E-state index in [4.69, 9.17) is 9.31 Å². The smallest absolute Gasteiger partial charge is 0.399 e. The van der Waals surface area contributed by atoms with Gasteiger partial charge < -0.3 is 9.31 Å². The fourth-order valence-corrected chi connectivity index (χ4v) is 2.35. The highest BCUT2D eigenvalue weighted by Gasteiger charge is 2.51. The largest absolute Gasteiger partial charge is 0.496 e. The van der Waals surface area contributed by atoms with Gasteiger partial charge in [-0.1, -0.05) is 6.07 Å². The molecule has 7 heteroatoms. The third-order valence-corrected chi connectivity index (χ3v) is 4.24. The monoisotopic (exact) mass is 296 g/mol. The van der Waals surface area contributed by atoms with Crippen molar-refractivity contribution in [2.45, 2.75) is 38.9 Å². The lowest BCUT2D eigenvalue weighted by Gasteiger charge is -2.32. The number of rotatable bonds is 2. The Kier molecular flexibility index (Phi) is 3.73. The van der Waals surface area contributed by atoms with Crippen molar-refractivity contribution in [3.05, 3.63) is 18.3 Å². The Bertz CT molecular complexity index is 595. The van der Waals surface area contributed by atoms with E-state index in [1.165, 1.54) is 0 Å². The molecule has 110 valence electrons. The van der Waals surface area contributed by atoms with E-state index < -0.39 is 16.8 Å². The molecule has 2 heterocycles. The third kappa shape index (κ3) is 3.21. The first-order chi connectivity index (χ1) is 9.00. The van der Waals surface area contributed by atoms with Crippen LogP contribution in [-0.4, -0.2) is 40.0 Å². The topological polar surface area (TPSA) is 60.8 Å². The first-order valence-electron chi connectivity index (χ1n) is 6.49. The molecule has 0 aromatic carbocycles. The van der Waals surface area contributed by atoms with E-state index in [-0.39, 0.29) is 11.2 Å². The van der Waals surface area contributed by atoms with E-state index in [2.05, 4.69) is 9.35 Å². The first kappa shape index (κ1) is 15.5. The maximum atomic E-state index is 11.6. The molecule has 0 N–H and O–H groups in total. The third-order valence-electron chi connectivity index (χ3n) is 3.61. The molecule has 0 bridgehead atoms. The SMILES string of the molecule is CC1(C)OB(c2ccc(N=S(C)(C)=O)nc2)OC1(C)C. The van der Waals surface area contributed by atoms with Gasteiger partial charge in [-0.2, -0.15) is 4.36 Å². The zero-order valence-electron chi connectivity index (χ0n) is 12.8. The van der Waals surface area contributed by atoms with Crippen molar-refractivity contribution >= 4 is 28.1 Å². The number of hydrogen-bond acceptors (Lipinski definition) is 5. The van der Waals surface area contributed by atoms with E-state index in [0.29, 0.717) is 5.82 Å². The molecule has 1 fully saturated rings. The fourth-order valence-electron chi connectivity index (χ4n) is 1.80. The fraction of sp³-hybridized carbons (Fsp3) is 0.615. The van der Waals surface area contributed by atoms with Crippen LogP contribution in [0.1, 0.15) is 27.7 Å². The summed E-state index contributed by atoms with van der Waals surface area (Å²) in [6.07, 6.45) is 4.82. The quantitative estimate of drug-likeness (QED) is 0.780. The Labute approximate surface area is 121 Å². The van der Waals surface area contributed by atoms with Crippen molar-refractivity contribution in [3.8, 4) is 0 Å². The van der Waals surface area contributed by atoms with E-state index >= 15 is 0 Å².